The molecule has 1 atom stereocenters. The van der Waals surface area contributed by atoms with Gasteiger partial charge in [0.1, 0.15) is 11.4 Å². The van der Waals surface area contributed by atoms with Crippen LogP contribution in [0.4, 0.5) is 13.2 Å². The Morgan fingerprint density at radius 1 is 1.09 bits per heavy atom. The normalized spacial score (nSPS) is 19.5. The van der Waals surface area contributed by atoms with E-state index in [9.17, 15) is 13.2 Å². The summed E-state index contributed by atoms with van der Waals surface area (Å²) in [5.41, 5.74) is 10.3. The van der Waals surface area contributed by atoms with E-state index in [2.05, 4.69) is 36.4 Å². The number of aryl methyl sites for hydroxylation is 1. The number of nitrogens with two attached hydrogens (primary N) is 1. The number of hydrogen-bond acceptors (Lipinski definition) is 3. The van der Waals surface area contributed by atoms with Crippen LogP contribution in [-0.4, -0.2) is 28.8 Å². The summed E-state index contributed by atoms with van der Waals surface area (Å²) in [4.78, 5) is 10.9. The largest absolute Gasteiger partial charge is 0.573 e. The highest BCUT2D eigenvalue weighted by Gasteiger charge is 2.31. The van der Waals surface area contributed by atoms with E-state index in [1.54, 1.807) is 18.5 Å². The molecule has 0 spiro atoms. The van der Waals surface area contributed by atoms with Crippen LogP contribution >= 0.6 is 0 Å². The van der Waals surface area contributed by atoms with Crippen LogP contribution in [0, 0.1) is 6.92 Å². The van der Waals surface area contributed by atoms with Crippen molar-refractivity contribution in [1.29, 1.82) is 0 Å². The molecule has 0 fully saturated rings. The van der Waals surface area contributed by atoms with Crippen LogP contribution in [0.2, 0.25) is 0 Å². The zero-order valence-electron chi connectivity index (χ0n) is 18.3. The highest BCUT2D eigenvalue weighted by atomic mass is 19.4. The van der Waals surface area contributed by atoms with Crippen LogP contribution in [0.3, 0.4) is 0 Å². The topological polar surface area (TPSA) is 103 Å². The lowest BCUT2D eigenvalue weighted by molar-refractivity contribution is -0.274. The maximum absolute atomic E-state index is 12.6. The predicted octanol–water partition coefficient (Wildman–Crippen LogP) is 4.27. The van der Waals surface area contributed by atoms with E-state index >= 15 is 0 Å². The average molecular weight is 468 g/mol. The van der Waals surface area contributed by atoms with Gasteiger partial charge in [-0.15, -0.1) is 13.2 Å². The Kier molecular flexibility index (Phi) is 5.24. The van der Waals surface area contributed by atoms with Gasteiger partial charge in [-0.25, -0.2) is 0 Å². The number of aromatic amines is 2. The minimum Gasteiger partial charge on any atom is -0.406 e. The van der Waals surface area contributed by atoms with Crippen molar-refractivity contribution in [3.8, 4) is 5.75 Å². The number of nitrogens with zero attached hydrogens (tertiary/aromatic N) is 1. The smallest absolute Gasteiger partial charge is 0.406 e. The van der Waals surface area contributed by atoms with E-state index in [1.807, 2.05) is 31.2 Å². The number of hydrogen-bond donors (Lipinski definition) is 5. The van der Waals surface area contributed by atoms with Crippen molar-refractivity contribution in [3.63, 3.8) is 0 Å². The van der Waals surface area contributed by atoms with Crippen molar-refractivity contribution in [3.05, 3.63) is 77.8 Å². The Balaban J connectivity index is 1.30. The lowest BCUT2D eigenvalue weighted by Crippen LogP contribution is -2.57. The molecule has 0 saturated carbocycles. The molecule has 6 N–H and O–H groups in total. The van der Waals surface area contributed by atoms with Crippen LogP contribution < -0.4 is 21.1 Å². The number of aliphatic imine (C=N–C) groups is 1. The summed E-state index contributed by atoms with van der Waals surface area (Å²) < 4.78 is 41.7. The zero-order chi connectivity index (χ0) is 23.9. The number of nitrogens with one attached hydrogen (secondary N) is 4. The number of aromatic nitrogens is 2. The van der Waals surface area contributed by atoms with Gasteiger partial charge in [-0.05, 0) is 66.9 Å². The number of rotatable bonds is 5. The first-order valence-electron chi connectivity index (χ1n) is 10.7. The van der Waals surface area contributed by atoms with E-state index in [0.29, 0.717) is 24.3 Å². The molecule has 0 amide bonds. The maximum Gasteiger partial charge on any atom is 0.573 e. The van der Waals surface area contributed by atoms with Gasteiger partial charge in [-0.3, -0.25) is 4.99 Å². The molecule has 5 rings (SSSR count). The number of benzene rings is 2. The number of fused-ring (bicyclic) bond motifs is 2. The number of guanidine groups is 1. The van der Waals surface area contributed by atoms with Gasteiger partial charge < -0.3 is 31.1 Å². The van der Waals surface area contributed by atoms with E-state index in [0.717, 1.165) is 33.2 Å². The summed E-state index contributed by atoms with van der Waals surface area (Å²) in [6, 6.07) is 12.3. The standard InChI is InChI=1S/C24H23F3N6O/c1-14-10-16-11-17(2-4-20(16)32-14)23(28)7-9-30-22(33-23)29-8-6-15-13-31-21-5-3-18(12-19(15)21)34-24(25,26)27/h2-5,7,9-13,31-32H,6,8,28H2,1H3,(H2,29,30,33). The molecule has 176 valence electrons. The third-order valence-corrected chi connectivity index (χ3v) is 5.75. The van der Waals surface area contributed by atoms with E-state index in [4.69, 9.17) is 5.73 Å². The van der Waals surface area contributed by atoms with Crippen molar-refractivity contribution >= 4 is 27.8 Å². The number of alkyl halides is 3. The van der Waals surface area contributed by atoms with Gasteiger partial charge in [0.15, 0.2) is 5.96 Å². The van der Waals surface area contributed by atoms with Crippen LogP contribution in [0.15, 0.2) is 65.9 Å². The van der Waals surface area contributed by atoms with Crippen molar-refractivity contribution in [2.75, 3.05) is 6.54 Å². The van der Waals surface area contributed by atoms with Gasteiger partial charge in [-0.1, -0.05) is 6.07 Å². The second-order valence-corrected chi connectivity index (χ2v) is 8.28. The molecule has 1 aliphatic heterocycles. The van der Waals surface area contributed by atoms with E-state index in [-0.39, 0.29) is 5.75 Å². The summed E-state index contributed by atoms with van der Waals surface area (Å²) in [6.07, 6.45) is 1.12. The molecule has 1 aliphatic rings. The van der Waals surface area contributed by atoms with Crippen LogP contribution in [0.1, 0.15) is 16.8 Å². The van der Waals surface area contributed by atoms with Crippen molar-refractivity contribution in [2.45, 2.75) is 25.4 Å². The number of H-pyrrole nitrogens is 2. The molecule has 2 aromatic heterocycles. The molecule has 10 heteroatoms. The second-order valence-electron chi connectivity index (χ2n) is 8.28. The van der Waals surface area contributed by atoms with E-state index in [1.165, 1.54) is 12.1 Å². The van der Waals surface area contributed by atoms with Crippen molar-refractivity contribution in [2.24, 2.45) is 10.7 Å². The molecule has 0 bridgehead atoms. The zero-order valence-corrected chi connectivity index (χ0v) is 18.3. The summed E-state index contributed by atoms with van der Waals surface area (Å²) in [5.74, 6) is 0.256. The molecule has 7 nitrogen and oxygen atoms in total. The number of ether oxygens (including phenoxy) is 1. The lowest BCUT2D eigenvalue weighted by Gasteiger charge is -2.32. The molecule has 0 radical (unpaired) electrons. The molecule has 4 aromatic rings. The monoisotopic (exact) mass is 468 g/mol. The average Bonchev–Trinajstić information content (AvgIpc) is 3.34. The molecule has 0 aliphatic carbocycles. The number of halogens is 3. The summed E-state index contributed by atoms with van der Waals surface area (Å²) in [7, 11) is 0. The van der Waals surface area contributed by atoms with E-state index < -0.39 is 12.0 Å². The van der Waals surface area contributed by atoms with Gasteiger partial charge in [-0.2, -0.15) is 0 Å². The van der Waals surface area contributed by atoms with Crippen LogP contribution in [0.5, 0.6) is 5.75 Å². The Morgan fingerprint density at radius 3 is 2.74 bits per heavy atom. The predicted molar refractivity (Wildman–Crippen MR) is 125 cm³/mol. The maximum atomic E-state index is 12.6. The fourth-order valence-corrected chi connectivity index (χ4v) is 4.16. The minimum atomic E-state index is -4.73. The highest BCUT2D eigenvalue weighted by molar-refractivity contribution is 5.86. The summed E-state index contributed by atoms with van der Waals surface area (Å²) in [5, 5.41) is 8.02. The fraction of sp³-hybridized carbons (Fsp3) is 0.208. The fourth-order valence-electron chi connectivity index (χ4n) is 4.16. The molecular formula is C24H23F3N6O. The van der Waals surface area contributed by atoms with Crippen LogP contribution in [0.25, 0.3) is 21.8 Å². The molecule has 3 heterocycles. The Morgan fingerprint density at radius 2 is 1.91 bits per heavy atom. The van der Waals surface area contributed by atoms with Gasteiger partial charge in [0, 0.05) is 46.4 Å². The third kappa shape index (κ3) is 4.44. The molecule has 34 heavy (non-hydrogen) atoms. The first kappa shape index (κ1) is 21.9. The first-order valence-corrected chi connectivity index (χ1v) is 10.7. The molecule has 2 aromatic carbocycles. The third-order valence-electron chi connectivity index (χ3n) is 5.75. The summed E-state index contributed by atoms with van der Waals surface area (Å²) in [6.45, 7) is 2.40. The van der Waals surface area contributed by atoms with Gasteiger partial charge >= 0.3 is 6.36 Å². The van der Waals surface area contributed by atoms with Gasteiger partial charge in [0.2, 0.25) is 0 Å². The quantitative estimate of drug-likeness (QED) is 0.302. The first-order chi connectivity index (χ1) is 16.2. The van der Waals surface area contributed by atoms with Crippen molar-refractivity contribution in [1.82, 2.24) is 20.6 Å². The van der Waals surface area contributed by atoms with Gasteiger partial charge in [0.05, 0.1) is 0 Å². The Labute approximate surface area is 192 Å². The molecule has 0 saturated heterocycles. The minimum absolute atomic E-state index is 0.254. The Hall–Kier alpha value is -3.92. The summed E-state index contributed by atoms with van der Waals surface area (Å²) >= 11 is 0. The SMILES string of the molecule is Cc1cc2cc(C3(N)C=CNC(=NCCc4c[nH]c5ccc(OC(F)(F)F)cc45)N3)ccc2[nH]1. The molecular weight excluding hydrogens is 445 g/mol. The lowest BCUT2D eigenvalue weighted by atomic mass is 9.98. The van der Waals surface area contributed by atoms with Gasteiger partial charge in [0.25, 0.3) is 0 Å². The Bertz CT molecular complexity index is 1420. The van der Waals surface area contributed by atoms with Crippen molar-refractivity contribution < 1.29 is 17.9 Å². The van der Waals surface area contributed by atoms with Crippen LogP contribution in [-0.2, 0) is 12.1 Å². The molecule has 1 unspecified atom stereocenters. The highest BCUT2D eigenvalue weighted by Crippen LogP contribution is 2.28. The second kappa shape index (κ2) is 8.14.